The highest BCUT2D eigenvalue weighted by Gasteiger charge is 2.05. The van der Waals surface area contributed by atoms with Crippen molar-refractivity contribution in [3.05, 3.63) is 59.2 Å². The van der Waals surface area contributed by atoms with E-state index in [2.05, 4.69) is 56.3 Å². The van der Waals surface area contributed by atoms with Crippen LogP contribution in [0.5, 0.6) is 0 Å². The van der Waals surface area contributed by atoms with Gasteiger partial charge >= 0.3 is 0 Å². The lowest BCUT2D eigenvalue weighted by atomic mass is 9.97. The first-order valence-corrected chi connectivity index (χ1v) is 5.87. The molecule has 2 aromatic rings. The van der Waals surface area contributed by atoms with E-state index in [1.54, 1.807) is 7.11 Å². The van der Waals surface area contributed by atoms with Crippen LogP contribution in [0.3, 0.4) is 0 Å². The van der Waals surface area contributed by atoms with Gasteiger partial charge in [0.2, 0.25) is 0 Å². The minimum absolute atomic E-state index is 0.656. The highest BCUT2D eigenvalue weighted by Crippen LogP contribution is 2.26. The molecule has 0 fully saturated rings. The molecule has 0 aliphatic rings. The molecule has 0 heterocycles. The first kappa shape index (κ1) is 11.9. The van der Waals surface area contributed by atoms with Gasteiger partial charge in [-0.2, -0.15) is 0 Å². The van der Waals surface area contributed by atoms with Crippen molar-refractivity contribution < 1.29 is 4.74 Å². The predicted molar refractivity (Wildman–Crippen MR) is 72.1 cm³/mol. The topological polar surface area (TPSA) is 9.23 Å². The highest BCUT2D eigenvalue weighted by molar-refractivity contribution is 5.68. The Bertz CT molecular complexity index is 515. The Morgan fingerprint density at radius 2 is 1.71 bits per heavy atom. The van der Waals surface area contributed by atoms with Crippen molar-refractivity contribution in [2.45, 2.75) is 20.5 Å². The number of aryl methyl sites for hydroxylation is 2. The summed E-state index contributed by atoms with van der Waals surface area (Å²) in [5.41, 5.74) is 6.42. The minimum Gasteiger partial charge on any atom is -0.380 e. The standard InChI is InChI=1S/C16H18O/c1-12-8-9-14(10-13(12)2)16-7-5-4-6-15(16)11-17-3/h4-10H,11H2,1-3H3. The van der Waals surface area contributed by atoms with Crippen molar-refractivity contribution >= 4 is 0 Å². The average Bonchev–Trinajstić information content (AvgIpc) is 2.34. The number of ether oxygens (including phenoxy) is 1. The Morgan fingerprint density at radius 3 is 2.41 bits per heavy atom. The van der Waals surface area contributed by atoms with Crippen molar-refractivity contribution in [1.29, 1.82) is 0 Å². The van der Waals surface area contributed by atoms with Crippen LogP contribution in [-0.4, -0.2) is 7.11 Å². The fourth-order valence-electron chi connectivity index (χ4n) is 1.99. The van der Waals surface area contributed by atoms with Gasteiger partial charge in [-0.3, -0.25) is 0 Å². The SMILES string of the molecule is COCc1ccccc1-c1ccc(C)c(C)c1. The molecular weight excluding hydrogens is 208 g/mol. The van der Waals surface area contributed by atoms with Crippen LogP contribution < -0.4 is 0 Å². The lowest BCUT2D eigenvalue weighted by Gasteiger charge is -2.10. The number of hydrogen-bond acceptors (Lipinski definition) is 1. The summed E-state index contributed by atoms with van der Waals surface area (Å²) in [6.07, 6.45) is 0. The molecule has 0 amide bonds. The van der Waals surface area contributed by atoms with E-state index in [4.69, 9.17) is 4.74 Å². The van der Waals surface area contributed by atoms with Gasteiger partial charge in [-0.1, -0.05) is 42.5 Å². The second kappa shape index (κ2) is 5.15. The van der Waals surface area contributed by atoms with Gasteiger partial charge in [0.1, 0.15) is 0 Å². The maximum atomic E-state index is 5.24. The summed E-state index contributed by atoms with van der Waals surface area (Å²) in [4.78, 5) is 0. The largest absolute Gasteiger partial charge is 0.380 e. The Balaban J connectivity index is 2.48. The smallest absolute Gasteiger partial charge is 0.0719 e. The van der Waals surface area contributed by atoms with E-state index in [9.17, 15) is 0 Å². The zero-order valence-electron chi connectivity index (χ0n) is 10.7. The van der Waals surface area contributed by atoms with Gasteiger partial charge in [-0.05, 0) is 41.7 Å². The fourth-order valence-corrected chi connectivity index (χ4v) is 1.99. The third-order valence-electron chi connectivity index (χ3n) is 3.14. The van der Waals surface area contributed by atoms with Crippen LogP contribution in [0.15, 0.2) is 42.5 Å². The van der Waals surface area contributed by atoms with Crippen LogP contribution in [0, 0.1) is 13.8 Å². The van der Waals surface area contributed by atoms with Gasteiger partial charge in [0.15, 0.2) is 0 Å². The molecule has 2 aromatic carbocycles. The van der Waals surface area contributed by atoms with Gasteiger partial charge in [-0.15, -0.1) is 0 Å². The summed E-state index contributed by atoms with van der Waals surface area (Å²) in [5.74, 6) is 0. The normalized spacial score (nSPS) is 10.5. The predicted octanol–water partition coefficient (Wildman–Crippen LogP) is 4.12. The second-order valence-corrected chi connectivity index (χ2v) is 4.39. The van der Waals surface area contributed by atoms with Crippen molar-refractivity contribution in [1.82, 2.24) is 0 Å². The van der Waals surface area contributed by atoms with E-state index < -0.39 is 0 Å². The summed E-state index contributed by atoms with van der Waals surface area (Å²) in [5, 5.41) is 0. The molecule has 0 aliphatic carbocycles. The molecule has 0 saturated carbocycles. The Hall–Kier alpha value is -1.60. The van der Waals surface area contributed by atoms with Crippen LogP contribution in [0.4, 0.5) is 0 Å². The van der Waals surface area contributed by atoms with Gasteiger partial charge in [0, 0.05) is 7.11 Å². The number of methoxy groups -OCH3 is 1. The molecule has 0 unspecified atom stereocenters. The third kappa shape index (κ3) is 2.56. The molecule has 17 heavy (non-hydrogen) atoms. The first-order chi connectivity index (χ1) is 8.22. The molecule has 0 radical (unpaired) electrons. The molecule has 0 atom stereocenters. The second-order valence-electron chi connectivity index (χ2n) is 4.39. The summed E-state index contributed by atoms with van der Waals surface area (Å²) in [6, 6.07) is 15.0. The summed E-state index contributed by atoms with van der Waals surface area (Å²) >= 11 is 0. The third-order valence-corrected chi connectivity index (χ3v) is 3.14. The minimum atomic E-state index is 0.656. The Kier molecular flexibility index (Phi) is 3.60. The molecule has 0 aromatic heterocycles. The average molecular weight is 226 g/mol. The molecule has 0 N–H and O–H groups in total. The molecule has 0 spiro atoms. The maximum Gasteiger partial charge on any atom is 0.0719 e. The Labute approximate surface area is 103 Å². The maximum absolute atomic E-state index is 5.24. The van der Waals surface area contributed by atoms with E-state index >= 15 is 0 Å². The fraction of sp³-hybridized carbons (Fsp3) is 0.250. The van der Waals surface area contributed by atoms with Crippen molar-refractivity contribution in [2.75, 3.05) is 7.11 Å². The van der Waals surface area contributed by atoms with E-state index in [0.717, 1.165) is 0 Å². The summed E-state index contributed by atoms with van der Waals surface area (Å²) in [6.45, 7) is 4.95. The first-order valence-electron chi connectivity index (χ1n) is 5.87. The van der Waals surface area contributed by atoms with Crippen molar-refractivity contribution in [2.24, 2.45) is 0 Å². The lowest BCUT2D eigenvalue weighted by Crippen LogP contribution is -1.92. The van der Waals surface area contributed by atoms with Crippen molar-refractivity contribution in [3.63, 3.8) is 0 Å². The van der Waals surface area contributed by atoms with Crippen LogP contribution in [0.2, 0.25) is 0 Å². The molecule has 0 saturated heterocycles. The monoisotopic (exact) mass is 226 g/mol. The number of hydrogen-bond donors (Lipinski definition) is 0. The van der Waals surface area contributed by atoms with Crippen LogP contribution in [0.25, 0.3) is 11.1 Å². The van der Waals surface area contributed by atoms with Crippen molar-refractivity contribution in [3.8, 4) is 11.1 Å². The summed E-state index contributed by atoms with van der Waals surface area (Å²) in [7, 11) is 1.73. The molecule has 1 heteroatoms. The van der Waals surface area contributed by atoms with Crippen LogP contribution >= 0.6 is 0 Å². The summed E-state index contributed by atoms with van der Waals surface area (Å²) < 4.78 is 5.24. The molecule has 0 aliphatic heterocycles. The van der Waals surface area contributed by atoms with E-state index in [0.29, 0.717) is 6.61 Å². The molecular formula is C16H18O. The molecule has 0 bridgehead atoms. The van der Waals surface area contributed by atoms with E-state index in [-0.39, 0.29) is 0 Å². The van der Waals surface area contributed by atoms with Crippen LogP contribution in [-0.2, 0) is 11.3 Å². The zero-order chi connectivity index (χ0) is 12.3. The Morgan fingerprint density at radius 1 is 0.941 bits per heavy atom. The number of benzene rings is 2. The van der Waals surface area contributed by atoms with Crippen LogP contribution in [0.1, 0.15) is 16.7 Å². The van der Waals surface area contributed by atoms with Gasteiger partial charge in [0.05, 0.1) is 6.61 Å². The number of rotatable bonds is 3. The lowest BCUT2D eigenvalue weighted by molar-refractivity contribution is 0.185. The molecule has 1 nitrogen and oxygen atoms in total. The van der Waals surface area contributed by atoms with E-state index in [1.807, 2.05) is 0 Å². The highest BCUT2D eigenvalue weighted by atomic mass is 16.5. The zero-order valence-corrected chi connectivity index (χ0v) is 10.7. The molecule has 88 valence electrons. The quantitative estimate of drug-likeness (QED) is 0.765. The van der Waals surface area contributed by atoms with E-state index in [1.165, 1.54) is 27.8 Å². The van der Waals surface area contributed by atoms with Gasteiger partial charge < -0.3 is 4.74 Å². The molecule has 2 rings (SSSR count). The van der Waals surface area contributed by atoms with Gasteiger partial charge in [-0.25, -0.2) is 0 Å². The van der Waals surface area contributed by atoms with Gasteiger partial charge in [0.25, 0.3) is 0 Å².